The van der Waals surface area contributed by atoms with Gasteiger partial charge in [-0.3, -0.25) is 4.90 Å². The van der Waals surface area contributed by atoms with Gasteiger partial charge in [0.15, 0.2) is 0 Å². The molecule has 17 heavy (non-hydrogen) atoms. The first-order chi connectivity index (χ1) is 8.02. The number of rotatable bonds is 3. The maximum absolute atomic E-state index is 5.96. The smallest absolute Gasteiger partial charge is 0.0478 e. The van der Waals surface area contributed by atoms with Crippen LogP contribution in [0.3, 0.4) is 0 Å². The van der Waals surface area contributed by atoms with Crippen LogP contribution in [0.4, 0.5) is 0 Å². The van der Waals surface area contributed by atoms with Crippen LogP contribution in [0.15, 0.2) is 16.8 Å². The fraction of sp³-hybridized carbons (Fsp3) is 0.714. The summed E-state index contributed by atoms with van der Waals surface area (Å²) < 4.78 is 0. The normalized spacial score (nSPS) is 24.1. The van der Waals surface area contributed by atoms with Crippen LogP contribution in [-0.4, -0.2) is 24.5 Å². The van der Waals surface area contributed by atoms with Crippen LogP contribution in [-0.2, 0) is 0 Å². The lowest BCUT2D eigenvalue weighted by Crippen LogP contribution is -2.33. The number of likely N-dealkylation sites (tertiary alicyclic amines) is 1. The lowest BCUT2D eigenvalue weighted by atomic mass is 9.80. The highest BCUT2D eigenvalue weighted by Crippen LogP contribution is 2.37. The number of hydrogen-bond acceptors (Lipinski definition) is 3. The van der Waals surface area contributed by atoms with Crippen molar-refractivity contribution in [3.8, 4) is 0 Å². The molecule has 1 aliphatic heterocycles. The standard InChI is InChI=1S/C14H24N2S/c1-14(2,3)12-4-6-16(9-12)13(8-15)11-5-7-17-10-11/h5,7,10,12-13H,4,6,8-9,15H2,1-3H3. The molecule has 3 heteroatoms. The molecule has 0 amide bonds. The second-order valence-electron chi connectivity index (χ2n) is 6.15. The number of thiophene rings is 1. The van der Waals surface area contributed by atoms with E-state index in [0.717, 1.165) is 12.5 Å². The summed E-state index contributed by atoms with van der Waals surface area (Å²) in [5.41, 5.74) is 7.78. The van der Waals surface area contributed by atoms with Crippen LogP contribution >= 0.6 is 11.3 Å². The highest BCUT2D eigenvalue weighted by atomic mass is 32.1. The van der Waals surface area contributed by atoms with Gasteiger partial charge >= 0.3 is 0 Å². The molecule has 0 saturated carbocycles. The Hall–Kier alpha value is -0.380. The largest absolute Gasteiger partial charge is 0.329 e. The van der Waals surface area contributed by atoms with Crippen molar-refractivity contribution >= 4 is 11.3 Å². The minimum atomic E-state index is 0.419. The first-order valence-electron chi connectivity index (χ1n) is 6.48. The van der Waals surface area contributed by atoms with E-state index in [4.69, 9.17) is 5.73 Å². The average molecular weight is 252 g/mol. The zero-order valence-corrected chi connectivity index (χ0v) is 12.0. The van der Waals surface area contributed by atoms with E-state index < -0.39 is 0 Å². The second-order valence-corrected chi connectivity index (χ2v) is 6.93. The Morgan fingerprint density at radius 1 is 1.53 bits per heavy atom. The summed E-state index contributed by atoms with van der Waals surface area (Å²) in [6.45, 7) is 10.2. The van der Waals surface area contributed by atoms with Crippen LogP contribution < -0.4 is 5.73 Å². The van der Waals surface area contributed by atoms with Crippen LogP contribution in [0.2, 0.25) is 0 Å². The number of nitrogens with two attached hydrogens (primary N) is 1. The van der Waals surface area contributed by atoms with Crippen molar-refractivity contribution < 1.29 is 0 Å². The van der Waals surface area contributed by atoms with Crippen LogP contribution in [0, 0.1) is 11.3 Å². The summed E-state index contributed by atoms with van der Waals surface area (Å²) in [5.74, 6) is 0.801. The van der Waals surface area contributed by atoms with Gasteiger partial charge in [-0.1, -0.05) is 20.8 Å². The van der Waals surface area contributed by atoms with E-state index in [-0.39, 0.29) is 0 Å². The fourth-order valence-corrected chi connectivity index (χ4v) is 3.44. The molecule has 1 fully saturated rings. The van der Waals surface area contributed by atoms with Gasteiger partial charge in [0, 0.05) is 19.1 Å². The Morgan fingerprint density at radius 2 is 2.29 bits per heavy atom. The summed E-state index contributed by atoms with van der Waals surface area (Å²) in [7, 11) is 0. The third-order valence-electron chi connectivity index (χ3n) is 4.04. The molecule has 2 N–H and O–H groups in total. The summed E-state index contributed by atoms with van der Waals surface area (Å²) in [5, 5.41) is 4.39. The monoisotopic (exact) mass is 252 g/mol. The molecule has 0 aliphatic carbocycles. The van der Waals surface area contributed by atoms with Gasteiger partial charge in [-0.05, 0) is 46.7 Å². The molecule has 1 aromatic heterocycles. The maximum atomic E-state index is 5.96. The van der Waals surface area contributed by atoms with Gasteiger partial charge < -0.3 is 5.73 Å². The highest BCUT2D eigenvalue weighted by Gasteiger charge is 2.34. The zero-order valence-electron chi connectivity index (χ0n) is 11.1. The van der Waals surface area contributed by atoms with Gasteiger partial charge in [-0.2, -0.15) is 11.3 Å². The van der Waals surface area contributed by atoms with E-state index in [1.165, 1.54) is 25.1 Å². The van der Waals surface area contributed by atoms with Gasteiger partial charge in [-0.15, -0.1) is 0 Å². The van der Waals surface area contributed by atoms with Crippen molar-refractivity contribution in [2.45, 2.75) is 33.2 Å². The van der Waals surface area contributed by atoms with E-state index in [0.29, 0.717) is 11.5 Å². The molecular formula is C14H24N2S. The molecule has 0 spiro atoms. The molecular weight excluding hydrogens is 228 g/mol. The Balaban J connectivity index is 2.04. The average Bonchev–Trinajstić information content (AvgIpc) is 2.87. The third kappa shape index (κ3) is 2.90. The van der Waals surface area contributed by atoms with E-state index >= 15 is 0 Å². The number of nitrogens with zero attached hydrogens (tertiary/aromatic N) is 1. The summed E-state index contributed by atoms with van der Waals surface area (Å²) in [4.78, 5) is 2.57. The maximum Gasteiger partial charge on any atom is 0.0478 e. The van der Waals surface area contributed by atoms with Crippen LogP contribution in [0.5, 0.6) is 0 Å². The van der Waals surface area contributed by atoms with Gasteiger partial charge in [0.1, 0.15) is 0 Å². The molecule has 0 bridgehead atoms. The summed E-state index contributed by atoms with van der Waals surface area (Å²) in [6.07, 6.45) is 1.31. The minimum absolute atomic E-state index is 0.419. The first-order valence-corrected chi connectivity index (χ1v) is 7.43. The molecule has 2 rings (SSSR count). The Labute approximate surface area is 109 Å². The minimum Gasteiger partial charge on any atom is -0.329 e. The van der Waals surface area contributed by atoms with Gasteiger partial charge in [0.2, 0.25) is 0 Å². The van der Waals surface area contributed by atoms with Gasteiger partial charge in [0.05, 0.1) is 0 Å². The molecule has 2 nitrogen and oxygen atoms in total. The lowest BCUT2D eigenvalue weighted by Gasteiger charge is -2.30. The first kappa shape index (κ1) is 13.1. The second kappa shape index (κ2) is 5.09. The Morgan fingerprint density at radius 3 is 2.76 bits per heavy atom. The number of hydrogen-bond donors (Lipinski definition) is 1. The molecule has 1 saturated heterocycles. The topological polar surface area (TPSA) is 29.3 Å². The van der Waals surface area contributed by atoms with Crippen molar-refractivity contribution in [2.24, 2.45) is 17.1 Å². The molecule has 2 unspecified atom stereocenters. The third-order valence-corrected chi connectivity index (χ3v) is 4.74. The summed E-state index contributed by atoms with van der Waals surface area (Å²) >= 11 is 1.77. The van der Waals surface area contributed by atoms with Crippen molar-refractivity contribution in [2.75, 3.05) is 19.6 Å². The van der Waals surface area contributed by atoms with Crippen molar-refractivity contribution in [3.05, 3.63) is 22.4 Å². The molecule has 1 aromatic rings. The quantitative estimate of drug-likeness (QED) is 0.895. The fourth-order valence-electron chi connectivity index (χ4n) is 2.74. The Kier molecular flexibility index (Phi) is 3.91. The molecule has 1 aliphatic rings. The highest BCUT2D eigenvalue weighted by molar-refractivity contribution is 7.07. The SMILES string of the molecule is CC(C)(C)C1CCN(C(CN)c2ccsc2)C1. The molecule has 2 heterocycles. The van der Waals surface area contributed by atoms with Gasteiger partial charge in [0.25, 0.3) is 0 Å². The molecule has 0 radical (unpaired) electrons. The van der Waals surface area contributed by atoms with Crippen molar-refractivity contribution in [1.82, 2.24) is 4.90 Å². The Bertz CT molecular complexity index is 340. The molecule has 96 valence electrons. The van der Waals surface area contributed by atoms with Crippen LogP contribution in [0.1, 0.15) is 38.8 Å². The summed E-state index contributed by atoms with van der Waals surface area (Å²) in [6, 6.07) is 2.64. The predicted molar refractivity (Wildman–Crippen MR) is 75.2 cm³/mol. The van der Waals surface area contributed by atoms with E-state index in [2.05, 4.69) is 42.5 Å². The van der Waals surface area contributed by atoms with Crippen LogP contribution in [0.25, 0.3) is 0 Å². The molecule has 2 atom stereocenters. The lowest BCUT2D eigenvalue weighted by molar-refractivity contribution is 0.198. The van der Waals surface area contributed by atoms with Crippen molar-refractivity contribution in [1.29, 1.82) is 0 Å². The van der Waals surface area contributed by atoms with E-state index in [9.17, 15) is 0 Å². The zero-order chi connectivity index (χ0) is 12.5. The molecule has 0 aromatic carbocycles. The van der Waals surface area contributed by atoms with E-state index in [1.54, 1.807) is 11.3 Å². The van der Waals surface area contributed by atoms with Gasteiger partial charge in [-0.25, -0.2) is 0 Å². The van der Waals surface area contributed by atoms with E-state index in [1.807, 2.05) is 0 Å². The van der Waals surface area contributed by atoms with Crippen molar-refractivity contribution in [3.63, 3.8) is 0 Å². The predicted octanol–water partition coefficient (Wildman–Crippen LogP) is 3.12.